The highest BCUT2D eigenvalue weighted by molar-refractivity contribution is 7.08. The summed E-state index contributed by atoms with van der Waals surface area (Å²) >= 11 is 1.67. The molecule has 0 bridgehead atoms. The van der Waals surface area contributed by atoms with Crippen molar-refractivity contribution in [1.82, 2.24) is 5.32 Å². The van der Waals surface area contributed by atoms with E-state index < -0.39 is 0 Å². The van der Waals surface area contributed by atoms with E-state index in [9.17, 15) is 4.79 Å². The fraction of sp³-hybridized carbons (Fsp3) is 0.222. The number of carbonyl (C=O) groups excluding carboxylic acids is 1. The summed E-state index contributed by atoms with van der Waals surface area (Å²) in [6.45, 7) is 2.11. The Bertz CT molecular complexity index is 264. The number of hydrogen-bond donors (Lipinski definition) is 1. The van der Waals surface area contributed by atoms with Gasteiger partial charge in [0.05, 0.1) is 0 Å². The van der Waals surface area contributed by atoms with Crippen molar-refractivity contribution >= 4 is 23.3 Å². The molecule has 0 aliphatic heterocycles. The van der Waals surface area contributed by atoms with Gasteiger partial charge in [-0.1, -0.05) is 12.2 Å². The van der Waals surface area contributed by atoms with Crippen molar-refractivity contribution in [2.45, 2.75) is 6.92 Å². The summed E-state index contributed by atoms with van der Waals surface area (Å²) in [5.74, 6) is 0.00460. The summed E-state index contributed by atoms with van der Waals surface area (Å²) in [5.41, 5.74) is 1.19. The molecule has 1 amide bonds. The molecule has 0 aliphatic carbocycles. The Morgan fingerprint density at radius 1 is 1.75 bits per heavy atom. The summed E-state index contributed by atoms with van der Waals surface area (Å²) in [7, 11) is 0. The van der Waals surface area contributed by atoms with E-state index in [0.717, 1.165) is 0 Å². The normalized spacial score (nSPS) is 10.4. The highest BCUT2D eigenvalue weighted by Gasteiger charge is 1.86. The molecule has 0 unspecified atom stereocenters. The fourth-order valence-corrected chi connectivity index (χ4v) is 1.40. The zero-order valence-electron chi connectivity index (χ0n) is 6.91. The third kappa shape index (κ3) is 3.34. The van der Waals surface area contributed by atoms with Gasteiger partial charge in [0.15, 0.2) is 0 Å². The summed E-state index contributed by atoms with van der Waals surface area (Å²) in [4.78, 5) is 10.5. The highest BCUT2D eigenvalue weighted by atomic mass is 32.1. The van der Waals surface area contributed by atoms with Gasteiger partial charge in [-0.2, -0.15) is 11.3 Å². The lowest BCUT2D eigenvalue weighted by Gasteiger charge is -1.93. The van der Waals surface area contributed by atoms with Crippen molar-refractivity contribution in [2.24, 2.45) is 0 Å². The third-order valence-corrected chi connectivity index (χ3v) is 2.02. The average molecular weight is 181 g/mol. The van der Waals surface area contributed by atoms with Crippen LogP contribution in [0.4, 0.5) is 0 Å². The first-order chi connectivity index (χ1) is 5.79. The maximum absolute atomic E-state index is 10.5. The van der Waals surface area contributed by atoms with Crippen LogP contribution in [-0.2, 0) is 4.79 Å². The van der Waals surface area contributed by atoms with Crippen molar-refractivity contribution in [1.29, 1.82) is 0 Å². The molecule has 1 rings (SSSR count). The Balaban J connectivity index is 2.27. The maximum Gasteiger partial charge on any atom is 0.217 e. The van der Waals surface area contributed by atoms with Gasteiger partial charge in [-0.25, -0.2) is 0 Å². The molecular formula is C9H11NOS. The Hall–Kier alpha value is -1.09. The summed E-state index contributed by atoms with van der Waals surface area (Å²) < 4.78 is 0. The molecule has 0 radical (unpaired) electrons. The smallest absolute Gasteiger partial charge is 0.217 e. The number of rotatable bonds is 3. The van der Waals surface area contributed by atoms with E-state index in [-0.39, 0.29) is 5.91 Å². The molecule has 0 aromatic carbocycles. The van der Waals surface area contributed by atoms with E-state index >= 15 is 0 Å². The van der Waals surface area contributed by atoms with Crippen LogP contribution in [0, 0.1) is 0 Å². The minimum atomic E-state index is 0.00460. The van der Waals surface area contributed by atoms with Crippen LogP contribution in [0.15, 0.2) is 22.9 Å². The lowest BCUT2D eigenvalue weighted by Crippen LogP contribution is -2.19. The quantitative estimate of drug-likeness (QED) is 0.758. The lowest BCUT2D eigenvalue weighted by molar-refractivity contribution is -0.118. The van der Waals surface area contributed by atoms with Crippen molar-refractivity contribution < 1.29 is 4.79 Å². The van der Waals surface area contributed by atoms with Crippen molar-refractivity contribution in [3.05, 3.63) is 28.5 Å². The maximum atomic E-state index is 10.5. The Labute approximate surface area is 75.9 Å². The van der Waals surface area contributed by atoms with Gasteiger partial charge in [-0.3, -0.25) is 4.79 Å². The standard InChI is InChI=1S/C9H11NOS/c1-8(11)10-5-2-3-9-4-6-12-7-9/h2-4,6-7H,5H2,1H3,(H,10,11). The predicted octanol–water partition coefficient (Wildman–Crippen LogP) is 1.90. The summed E-state index contributed by atoms with van der Waals surface area (Å²) in [6, 6.07) is 2.04. The fourth-order valence-electron chi connectivity index (χ4n) is 0.767. The van der Waals surface area contributed by atoms with E-state index in [0.29, 0.717) is 6.54 Å². The van der Waals surface area contributed by atoms with Crippen LogP contribution in [0.25, 0.3) is 6.08 Å². The van der Waals surface area contributed by atoms with Crippen LogP contribution >= 0.6 is 11.3 Å². The highest BCUT2D eigenvalue weighted by Crippen LogP contribution is 2.06. The first-order valence-corrected chi connectivity index (χ1v) is 4.66. The van der Waals surface area contributed by atoms with Crippen LogP contribution in [0.3, 0.4) is 0 Å². The first-order valence-electron chi connectivity index (χ1n) is 3.72. The minimum absolute atomic E-state index is 0.00460. The molecule has 1 heterocycles. The molecule has 0 aliphatic rings. The van der Waals surface area contributed by atoms with E-state index in [2.05, 4.69) is 10.7 Å². The van der Waals surface area contributed by atoms with Crippen LogP contribution < -0.4 is 5.32 Å². The molecule has 0 saturated carbocycles. The van der Waals surface area contributed by atoms with Crippen LogP contribution in [-0.4, -0.2) is 12.5 Å². The number of thiophene rings is 1. The van der Waals surface area contributed by atoms with Gasteiger partial charge in [0.25, 0.3) is 0 Å². The molecule has 1 N–H and O–H groups in total. The second-order valence-electron chi connectivity index (χ2n) is 2.40. The van der Waals surface area contributed by atoms with Gasteiger partial charge in [0.2, 0.25) is 5.91 Å². The minimum Gasteiger partial charge on any atom is -0.353 e. The molecule has 0 spiro atoms. The largest absolute Gasteiger partial charge is 0.353 e. The van der Waals surface area contributed by atoms with E-state index in [1.54, 1.807) is 11.3 Å². The molecule has 0 atom stereocenters. The predicted molar refractivity (Wildman–Crippen MR) is 52.0 cm³/mol. The molecule has 12 heavy (non-hydrogen) atoms. The molecule has 0 saturated heterocycles. The Kier molecular flexibility index (Phi) is 3.54. The van der Waals surface area contributed by atoms with Gasteiger partial charge in [0, 0.05) is 13.5 Å². The molecule has 1 aromatic rings. The van der Waals surface area contributed by atoms with Crippen LogP contribution in [0.5, 0.6) is 0 Å². The van der Waals surface area contributed by atoms with Crippen molar-refractivity contribution in [3.63, 3.8) is 0 Å². The monoisotopic (exact) mass is 181 g/mol. The molecule has 1 aromatic heterocycles. The average Bonchev–Trinajstić information content (AvgIpc) is 2.49. The van der Waals surface area contributed by atoms with Crippen LogP contribution in [0.2, 0.25) is 0 Å². The Morgan fingerprint density at radius 2 is 2.58 bits per heavy atom. The SMILES string of the molecule is CC(=O)NCC=Cc1ccsc1. The second kappa shape index (κ2) is 4.72. The zero-order chi connectivity index (χ0) is 8.81. The number of carbonyl (C=O) groups is 1. The van der Waals surface area contributed by atoms with Gasteiger partial charge in [0.1, 0.15) is 0 Å². The first kappa shape index (κ1) is 9.00. The lowest BCUT2D eigenvalue weighted by atomic mass is 10.3. The van der Waals surface area contributed by atoms with Gasteiger partial charge in [-0.05, 0) is 22.4 Å². The molecule has 0 fully saturated rings. The van der Waals surface area contributed by atoms with Gasteiger partial charge in [-0.15, -0.1) is 0 Å². The van der Waals surface area contributed by atoms with Crippen molar-refractivity contribution in [2.75, 3.05) is 6.54 Å². The van der Waals surface area contributed by atoms with E-state index in [4.69, 9.17) is 0 Å². The zero-order valence-corrected chi connectivity index (χ0v) is 7.73. The molecule has 3 heteroatoms. The molecular weight excluding hydrogens is 170 g/mol. The van der Waals surface area contributed by atoms with Gasteiger partial charge >= 0.3 is 0 Å². The summed E-state index contributed by atoms with van der Waals surface area (Å²) in [6.07, 6.45) is 3.93. The summed E-state index contributed by atoms with van der Waals surface area (Å²) in [5, 5.41) is 6.77. The van der Waals surface area contributed by atoms with E-state index in [1.165, 1.54) is 12.5 Å². The third-order valence-electron chi connectivity index (χ3n) is 1.32. The van der Waals surface area contributed by atoms with Gasteiger partial charge < -0.3 is 5.32 Å². The Morgan fingerprint density at radius 3 is 3.17 bits per heavy atom. The number of amides is 1. The second-order valence-corrected chi connectivity index (χ2v) is 3.18. The van der Waals surface area contributed by atoms with Crippen LogP contribution in [0.1, 0.15) is 12.5 Å². The van der Waals surface area contributed by atoms with Crippen molar-refractivity contribution in [3.8, 4) is 0 Å². The topological polar surface area (TPSA) is 29.1 Å². The number of nitrogens with one attached hydrogen (secondary N) is 1. The van der Waals surface area contributed by atoms with E-state index in [1.807, 2.05) is 23.6 Å². The number of hydrogen-bond acceptors (Lipinski definition) is 2. The molecule has 64 valence electrons. The molecule has 2 nitrogen and oxygen atoms in total.